The Bertz CT molecular complexity index is 313. The summed E-state index contributed by atoms with van der Waals surface area (Å²) in [5, 5.41) is 5.44. The van der Waals surface area contributed by atoms with Crippen LogP contribution >= 0.6 is 0 Å². The maximum absolute atomic E-state index is 11.9. The average molecular weight is 257 g/mol. The summed E-state index contributed by atoms with van der Waals surface area (Å²) in [6.07, 6.45) is 0. The van der Waals surface area contributed by atoms with Crippen LogP contribution in [0.4, 0.5) is 0 Å². The lowest BCUT2D eigenvalue weighted by Crippen LogP contribution is -2.56. The van der Waals surface area contributed by atoms with Gasteiger partial charge in [-0.15, -0.1) is 0 Å². The van der Waals surface area contributed by atoms with Gasteiger partial charge in [-0.2, -0.15) is 0 Å². The van der Waals surface area contributed by atoms with Gasteiger partial charge in [-0.25, -0.2) is 0 Å². The normalized spacial score (nSPS) is 15.8. The molecule has 0 bridgehead atoms. The summed E-state index contributed by atoms with van der Waals surface area (Å²) in [6, 6.07) is -1.23. The van der Waals surface area contributed by atoms with Crippen LogP contribution in [0.15, 0.2) is 0 Å². The number of hydrogen-bond acceptors (Lipinski definition) is 3. The Morgan fingerprint density at radius 3 is 1.78 bits per heavy atom. The molecule has 5 nitrogen and oxygen atoms in total. The molecule has 0 rings (SSSR count). The predicted octanol–water partition coefficient (Wildman–Crippen LogP) is 0.779. The first kappa shape index (κ1) is 16.9. The molecule has 0 aliphatic rings. The van der Waals surface area contributed by atoms with E-state index in [2.05, 4.69) is 10.6 Å². The Balaban J connectivity index is 4.45. The van der Waals surface area contributed by atoms with Crippen molar-refractivity contribution in [2.75, 3.05) is 0 Å². The van der Waals surface area contributed by atoms with E-state index in [4.69, 9.17) is 5.73 Å². The molecule has 2 atom stereocenters. The minimum atomic E-state index is -0.637. The molecule has 0 radical (unpaired) electrons. The molecule has 0 aromatic rings. The van der Waals surface area contributed by atoms with Gasteiger partial charge in [0.1, 0.15) is 6.04 Å². The molecule has 0 saturated heterocycles. The van der Waals surface area contributed by atoms with Gasteiger partial charge in [0.15, 0.2) is 0 Å². The Labute approximate surface area is 110 Å². The smallest absolute Gasteiger partial charge is 0.242 e. The molecule has 5 heteroatoms. The zero-order valence-corrected chi connectivity index (χ0v) is 12.5. The quantitative estimate of drug-likeness (QED) is 0.698. The van der Waals surface area contributed by atoms with Crippen LogP contribution in [0.25, 0.3) is 0 Å². The van der Waals surface area contributed by atoms with E-state index in [1.807, 2.05) is 41.5 Å². The first-order chi connectivity index (χ1) is 7.84. The Kier molecular flexibility index (Phi) is 5.35. The third-order valence-electron chi connectivity index (χ3n) is 2.47. The van der Waals surface area contributed by atoms with E-state index in [1.54, 1.807) is 6.92 Å². The van der Waals surface area contributed by atoms with Gasteiger partial charge in [0.05, 0.1) is 6.04 Å². The maximum atomic E-state index is 11.9. The first-order valence-corrected chi connectivity index (χ1v) is 6.22. The average Bonchev–Trinajstić information content (AvgIpc) is 2.12. The van der Waals surface area contributed by atoms with Crippen LogP contribution in [0.5, 0.6) is 0 Å². The van der Waals surface area contributed by atoms with E-state index in [1.165, 1.54) is 0 Å². The molecule has 0 aliphatic carbocycles. The van der Waals surface area contributed by atoms with Crippen molar-refractivity contribution in [1.82, 2.24) is 10.6 Å². The summed E-state index contributed by atoms with van der Waals surface area (Å²) in [7, 11) is 0. The number of carbonyl (C=O) groups excluding carboxylic acids is 2. The molecule has 1 unspecified atom stereocenters. The van der Waals surface area contributed by atoms with Gasteiger partial charge < -0.3 is 16.4 Å². The van der Waals surface area contributed by atoms with Crippen molar-refractivity contribution < 1.29 is 9.59 Å². The summed E-state index contributed by atoms with van der Waals surface area (Å²) in [4.78, 5) is 23.7. The zero-order valence-electron chi connectivity index (χ0n) is 12.5. The van der Waals surface area contributed by atoms with Crippen molar-refractivity contribution >= 4 is 11.8 Å². The second kappa shape index (κ2) is 5.69. The number of amides is 2. The van der Waals surface area contributed by atoms with Gasteiger partial charge in [0, 0.05) is 5.54 Å². The molecule has 0 aromatic carbocycles. The van der Waals surface area contributed by atoms with Crippen LogP contribution < -0.4 is 16.4 Å². The Morgan fingerprint density at radius 1 is 1.00 bits per heavy atom. The molecular formula is C13H27N3O2. The van der Waals surface area contributed by atoms with E-state index in [0.717, 1.165) is 0 Å². The molecule has 2 amide bonds. The van der Waals surface area contributed by atoms with Gasteiger partial charge in [0.2, 0.25) is 11.8 Å². The molecule has 0 aromatic heterocycles. The summed E-state index contributed by atoms with van der Waals surface area (Å²) < 4.78 is 0. The molecule has 18 heavy (non-hydrogen) atoms. The van der Waals surface area contributed by atoms with Crippen LogP contribution in [0.1, 0.15) is 48.5 Å². The predicted molar refractivity (Wildman–Crippen MR) is 72.9 cm³/mol. The van der Waals surface area contributed by atoms with E-state index in [0.29, 0.717) is 0 Å². The van der Waals surface area contributed by atoms with Crippen molar-refractivity contribution in [3.05, 3.63) is 0 Å². The topological polar surface area (TPSA) is 84.2 Å². The number of nitrogens with two attached hydrogens (primary N) is 1. The number of nitrogens with one attached hydrogen (secondary N) is 2. The fourth-order valence-electron chi connectivity index (χ4n) is 1.24. The zero-order chi connectivity index (χ0) is 14.7. The largest absolute Gasteiger partial charge is 0.350 e. The fraction of sp³-hybridized carbons (Fsp3) is 0.846. The lowest BCUT2D eigenvalue weighted by Gasteiger charge is -2.28. The number of hydrogen-bond donors (Lipinski definition) is 3. The van der Waals surface area contributed by atoms with Crippen molar-refractivity contribution in [2.45, 2.75) is 66.1 Å². The summed E-state index contributed by atoms with van der Waals surface area (Å²) in [5.74, 6) is -0.518. The lowest BCUT2D eigenvalue weighted by molar-refractivity contribution is -0.131. The van der Waals surface area contributed by atoms with Crippen molar-refractivity contribution in [3.63, 3.8) is 0 Å². The maximum Gasteiger partial charge on any atom is 0.242 e. The highest BCUT2D eigenvalue weighted by Gasteiger charge is 2.29. The molecule has 4 N–H and O–H groups in total. The lowest BCUT2D eigenvalue weighted by atomic mass is 9.87. The molecule has 0 aliphatic heterocycles. The molecule has 0 spiro atoms. The van der Waals surface area contributed by atoms with E-state index < -0.39 is 12.1 Å². The minimum absolute atomic E-state index is 0.211. The third-order valence-corrected chi connectivity index (χ3v) is 2.47. The summed E-state index contributed by atoms with van der Waals surface area (Å²) >= 11 is 0. The van der Waals surface area contributed by atoms with Gasteiger partial charge >= 0.3 is 0 Å². The highest BCUT2D eigenvalue weighted by Crippen LogP contribution is 2.17. The standard InChI is InChI=1S/C13H27N3O2/c1-8(10(17)16-13(5,6)7)15-11(18)9(14)12(2,3)4/h8-9H,14H2,1-7H3,(H,15,18)(H,16,17)/t8?,9-/m1/s1. The highest BCUT2D eigenvalue weighted by molar-refractivity contribution is 5.90. The van der Waals surface area contributed by atoms with Gasteiger partial charge in [-0.3, -0.25) is 9.59 Å². The molecule has 0 saturated carbocycles. The van der Waals surface area contributed by atoms with Crippen LogP contribution in [0, 0.1) is 5.41 Å². The second-order valence-electron chi connectivity index (χ2n) is 6.81. The van der Waals surface area contributed by atoms with Crippen LogP contribution in [-0.4, -0.2) is 29.4 Å². The van der Waals surface area contributed by atoms with Crippen molar-refractivity contribution in [3.8, 4) is 0 Å². The molecular weight excluding hydrogens is 230 g/mol. The third kappa shape index (κ3) is 6.00. The van der Waals surface area contributed by atoms with E-state index in [-0.39, 0.29) is 22.8 Å². The highest BCUT2D eigenvalue weighted by atomic mass is 16.2. The van der Waals surface area contributed by atoms with E-state index in [9.17, 15) is 9.59 Å². The first-order valence-electron chi connectivity index (χ1n) is 6.22. The van der Waals surface area contributed by atoms with Crippen molar-refractivity contribution in [1.29, 1.82) is 0 Å². The monoisotopic (exact) mass is 257 g/mol. The molecule has 0 heterocycles. The van der Waals surface area contributed by atoms with Gasteiger partial charge in [0.25, 0.3) is 0 Å². The van der Waals surface area contributed by atoms with Gasteiger partial charge in [-0.1, -0.05) is 20.8 Å². The number of rotatable bonds is 3. The summed E-state index contributed by atoms with van der Waals surface area (Å²) in [5.41, 5.74) is 5.18. The van der Waals surface area contributed by atoms with Crippen LogP contribution in [-0.2, 0) is 9.59 Å². The van der Waals surface area contributed by atoms with Crippen molar-refractivity contribution in [2.24, 2.45) is 11.1 Å². The number of carbonyl (C=O) groups is 2. The Hall–Kier alpha value is -1.10. The van der Waals surface area contributed by atoms with Crippen LogP contribution in [0.3, 0.4) is 0 Å². The second-order valence-corrected chi connectivity index (χ2v) is 6.81. The van der Waals surface area contributed by atoms with E-state index >= 15 is 0 Å². The molecule has 106 valence electrons. The summed E-state index contributed by atoms with van der Waals surface area (Å²) in [6.45, 7) is 13.0. The molecule has 0 fully saturated rings. The Morgan fingerprint density at radius 2 is 1.44 bits per heavy atom. The van der Waals surface area contributed by atoms with Crippen LogP contribution in [0.2, 0.25) is 0 Å². The minimum Gasteiger partial charge on any atom is -0.350 e. The fourth-order valence-corrected chi connectivity index (χ4v) is 1.24. The van der Waals surface area contributed by atoms with Gasteiger partial charge in [-0.05, 0) is 33.1 Å². The SMILES string of the molecule is CC(NC(=O)[C@@H](N)C(C)(C)C)C(=O)NC(C)(C)C.